The van der Waals surface area contributed by atoms with Crippen LogP contribution in [0.1, 0.15) is 17.3 Å². The third-order valence-corrected chi connectivity index (χ3v) is 2.95. The van der Waals surface area contributed by atoms with E-state index in [4.69, 9.17) is 5.11 Å². The van der Waals surface area contributed by atoms with E-state index in [2.05, 4.69) is 15.2 Å². The molecule has 0 radical (unpaired) electrons. The molecular weight excluding hydrogens is 298 g/mol. The number of hydrogen-bond donors (Lipinski definition) is 3. The third-order valence-electron chi connectivity index (χ3n) is 2.36. The average Bonchev–Trinajstić information content (AvgIpc) is 2.43. The largest absolute Gasteiger partial charge is 0.478 e. The van der Waals surface area contributed by atoms with E-state index in [-0.39, 0.29) is 17.0 Å². The van der Waals surface area contributed by atoms with E-state index in [1.54, 1.807) is 0 Å². The van der Waals surface area contributed by atoms with Crippen LogP contribution in [0.3, 0.4) is 0 Å². The van der Waals surface area contributed by atoms with Crippen LogP contribution >= 0.6 is 11.9 Å². The van der Waals surface area contributed by atoms with Crippen LogP contribution in [0.2, 0.25) is 0 Å². The van der Waals surface area contributed by atoms with Crippen LogP contribution < -0.4 is 10.6 Å². The molecule has 0 saturated carbocycles. The lowest BCUT2D eigenvalue weighted by atomic mass is 10.2. The van der Waals surface area contributed by atoms with Crippen molar-refractivity contribution in [2.75, 3.05) is 11.1 Å². The first kappa shape index (κ1) is 16.6. The number of hydrogen-bond acceptors (Lipinski definition) is 6. The van der Waals surface area contributed by atoms with Gasteiger partial charge >= 0.3 is 5.97 Å². The predicted octanol–water partition coefficient (Wildman–Crippen LogP) is 1.24. The number of amides is 2. The summed E-state index contributed by atoms with van der Waals surface area (Å²) in [5.74, 6) is -2.14. The quantitative estimate of drug-likeness (QED) is 0.514. The summed E-state index contributed by atoms with van der Waals surface area (Å²) in [4.78, 5) is 44.0. The van der Waals surface area contributed by atoms with Gasteiger partial charge in [-0.05, 0) is 18.2 Å². The van der Waals surface area contributed by atoms with Crippen molar-refractivity contribution < 1.29 is 19.5 Å². The number of nitroso groups, excluding NO2 is 1. The molecule has 2 amide bonds. The van der Waals surface area contributed by atoms with Gasteiger partial charge in [0.05, 0.1) is 5.56 Å². The Bertz CT molecular complexity index is 564. The Morgan fingerprint density at radius 1 is 1.38 bits per heavy atom. The Balaban J connectivity index is 2.80. The highest BCUT2D eigenvalue weighted by molar-refractivity contribution is 7.97. The van der Waals surface area contributed by atoms with Crippen molar-refractivity contribution in [1.29, 1.82) is 0 Å². The number of nitrogens with zero attached hydrogens (tertiary/aromatic N) is 1. The molecule has 21 heavy (non-hydrogen) atoms. The molecule has 0 aliphatic rings. The third kappa shape index (κ3) is 5.61. The van der Waals surface area contributed by atoms with Crippen molar-refractivity contribution in [3.8, 4) is 0 Å². The number of anilines is 1. The van der Waals surface area contributed by atoms with Crippen LogP contribution in [0.25, 0.3) is 0 Å². The highest BCUT2D eigenvalue weighted by atomic mass is 32.2. The molecule has 1 atom stereocenters. The lowest BCUT2D eigenvalue weighted by Crippen LogP contribution is -2.44. The Hall–Kier alpha value is -2.42. The minimum Gasteiger partial charge on any atom is -0.478 e. The fourth-order valence-electron chi connectivity index (χ4n) is 1.49. The number of benzene rings is 1. The molecule has 0 bridgehead atoms. The highest BCUT2D eigenvalue weighted by Crippen LogP contribution is 2.12. The van der Waals surface area contributed by atoms with Gasteiger partial charge in [-0.1, -0.05) is 6.07 Å². The maximum Gasteiger partial charge on any atom is 0.335 e. The number of aromatic carboxylic acids is 1. The van der Waals surface area contributed by atoms with E-state index < -0.39 is 23.8 Å². The minimum atomic E-state index is -1.12. The lowest BCUT2D eigenvalue weighted by molar-refractivity contribution is -0.124. The fourth-order valence-corrected chi connectivity index (χ4v) is 1.94. The molecule has 0 aliphatic heterocycles. The Labute approximate surface area is 124 Å². The Morgan fingerprint density at radius 2 is 2.10 bits per heavy atom. The van der Waals surface area contributed by atoms with Crippen LogP contribution in [-0.4, -0.2) is 34.7 Å². The molecule has 0 spiro atoms. The second kappa shape index (κ2) is 8.00. The maximum absolute atomic E-state index is 12.0. The molecule has 1 aromatic rings. The summed E-state index contributed by atoms with van der Waals surface area (Å²) in [6.07, 6.45) is 0. The predicted molar refractivity (Wildman–Crippen MR) is 77.9 cm³/mol. The van der Waals surface area contributed by atoms with Gasteiger partial charge in [-0.25, -0.2) is 4.79 Å². The summed E-state index contributed by atoms with van der Waals surface area (Å²) >= 11 is 0.605. The summed E-state index contributed by atoms with van der Waals surface area (Å²) < 4.78 is 2.57. The lowest BCUT2D eigenvalue weighted by Gasteiger charge is -2.15. The number of carbonyl (C=O) groups is 3. The van der Waals surface area contributed by atoms with Crippen LogP contribution in [0, 0.1) is 4.91 Å². The molecule has 1 aromatic carbocycles. The fraction of sp³-hybridized carbons (Fsp3) is 0.250. The maximum atomic E-state index is 12.0. The van der Waals surface area contributed by atoms with Gasteiger partial charge in [0.1, 0.15) is 6.04 Å². The molecule has 0 saturated heterocycles. The monoisotopic (exact) mass is 311 g/mol. The number of rotatable bonds is 7. The first-order valence-electron chi connectivity index (χ1n) is 5.80. The van der Waals surface area contributed by atoms with Gasteiger partial charge in [-0.3, -0.25) is 9.59 Å². The average molecular weight is 311 g/mol. The summed E-state index contributed by atoms with van der Waals surface area (Å²) in [5, 5.41) is 13.7. The van der Waals surface area contributed by atoms with E-state index >= 15 is 0 Å². The van der Waals surface area contributed by atoms with Crippen molar-refractivity contribution in [2.45, 2.75) is 13.0 Å². The van der Waals surface area contributed by atoms with E-state index in [9.17, 15) is 19.3 Å². The van der Waals surface area contributed by atoms with E-state index in [1.165, 1.54) is 31.2 Å². The molecule has 1 unspecified atom stereocenters. The molecule has 0 fully saturated rings. The molecule has 9 heteroatoms. The standard InChI is InChI=1S/C12H13N3O5S/c1-7(16)13-10(6-21-15-20)11(17)14-9-4-2-3-8(5-9)12(18)19/h2-5,10H,6H2,1H3,(H,13,16)(H,14,17)(H,18,19). The molecule has 3 N–H and O–H groups in total. The van der Waals surface area contributed by atoms with Crippen molar-refractivity contribution in [2.24, 2.45) is 4.58 Å². The molecule has 0 aromatic heterocycles. The first-order chi connectivity index (χ1) is 9.93. The van der Waals surface area contributed by atoms with Gasteiger partial charge in [0.25, 0.3) is 0 Å². The van der Waals surface area contributed by atoms with Crippen molar-refractivity contribution in [3.63, 3.8) is 0 Å². The zero-order chi connectivity index (χ0) is 15.8. The number of carboxylic acid groups (broad SMARTS) is 1. The van der Waals surface area contributed by atoms with Gasteiger partial charge in [-0.15, -0.1) is 4.91 Å². The normalized spacial score (nSPS) is 11.3. The SMILES string of the molecule is CC(=O)NC(CSN=O)C(=O)Nc1cccc(C(=O)O)c1. The Morgan fingerprint density at radius 3 is 2.67 bits per heavy atom. The summed E-state index contributed by atoms with van der Waals surface area (Å²) in [6, 6.07) is 4.72. The van der Waals surface area contributed by atoms with Gasteiger partial charge in [-0.2, -0.15) is 0 Å². The van der Waals surface area contributed by atoms with Crippen LogP contribution in [0.5, 0.6) is 0 Å². The van der Waals surface area contributed by atoms with Crippen LogP contribution in [-0.2, 0) is 9.59 Å². The molecule has 112 valence electrons. The van der Waals surface area contributed by atoms with Crippen molar-refractivity contribution in [1.82, 2.24) is 5.32 Å². The van der Waals surface area contributed by atoms with E-state index in [0.717, 1.165) is 0 Å². The van der Waals surface area contributed by atoms with Gasteiger partial charge < -0.3 is 15.7 Å². The summed E-state index contributed by atoms with van der Waals surface area (Å²) in [7, 11) is 0. The molecular formula is C12H13N3O5S. The topological polar surface area (TPSA) is 125 Å². The van der Waals surface area contributed by atoms with Gasteiger partial charge in [0.2, 0.25) is 11.8 Å². The van der Waals surface area contributed by atoms with E-state index in [0.29, 0.717) is 11.9 Å². The van der Waals surface area contributed by atoms with Crippen molar-refractivity contribution >= 4 is 35.4 Å². The zero-order valence-electron chi connectivity index (χ0n) is 11.0. The molecule has 1 rings (SSSR count). The summed E-state index contributed by atoms with van der Waals surface area (Å²) in [6.45, 7) is 1.24. The number of nitrogens with one attached hydrogen (secondary N) is 2. The van der Waals surface area contributed by atoms with Gasteiger partial charge in [0, 0.05) is 34.9 Å². The first-order valence-corrected chi connectivity index (χ1v) is 6.74. The highest BCUT2D eigenvalue weighted by Gasteiger charge is 2.20. The Kier molecular flexibility index (Phi) is 6.34. The smallest absolute Gasteiger partial charge is 0.335 e. The van der Waals surface area contributed by atoms with Crippen molar-refractivity contribution in [3.05, 3.63) is 34.7 Å². The minimum absolute atomic E-state index is 0.0203. The molecule has 8 nitrogen and oxygen atoms in total. The van der Waals surface area contributed by atoms with Crippen LogP contribution in [0.4, 0.5) is 5.69 Å². The van der Waals surface area contributed by atoms with Gasteiger partial charge in [0.15, 0.2) is 0 Å². The number of carboxylic acids is 1. The zero-order valence-corrected chi connectivity index (χ0v) is 11.8. The second-order valence-corrected chi connectivity index (χ2v) is 4.74. The number of carbonyl (C=O) groups excluding carboxylic acids is 2. The second-order valence-electron chi connectivity index (χ2n) is 4.00. The molecule has 0 aliphatic carbocycles. The van der Waals surface area contributed by atoms with E-state index in [1.807, 2.05) is 0 Å². The molecule has 0 heterocycles. The van der Waals surface area contributed by atoms with Crippen LogP contribution in [0.15, 0.2) is 28.8 Å². The summed E-state index contributed by atoms with van der Waals surface area (Å²) in [5.41, 5.74) is 0.298.